The Kier molecular flexibility index (Phi) is 9.94. The van der Waals surface area contributed by atoms with Crippen molar-refractivity contribution in [2.75, 3.05) is 44.3 Å². The first kappa shape index (κ1) is 29.3. The lowest BCUT2D eigenvalue weighted by Gasteiger charge is -2.16. The van der Waals surface area contributed by atoms with Crippen LogP contribution in [0.5, 0.6) is 5.75 Å². The number of hydrogen-bond donors (Lipinski definition) is 3. The average Bonchev–Trinajstić information content (AvgIpc) is 3.41. The van der Waals surface area contributed by atoms with E-state index in [0.29, 0.717) is 44.2 Å². The minimum absolute atomic E-state index is 0.0934. The number of methoxy groups -OCH3 is 1. The number of thiophene rings is 1. The predicted molar refractivity (Wildman–Crippen MR) is 163 cm³/mol. The SMILES string of the molecule is COc1ccc(-c2cccc(C(=O)N(C)C)c2)cc1[S+]([O-])Nc1cccc(NCCNC(=O)c2ccc(Cl)s2)c1. The minimum Gasteiger partial charge on any atom is -0.588 e. The standard InChI is InChI=1S/C29H29ClN4O4S2/c1-34(2)29(36)21-7-4-6-19(16-21)20-10-11-24(38-3)26(17-20)40(37)33-23-9-5-8-22(18-23)31-14-15-32-28(35)25-12-13-27(30)39-25/h4-13,16-18,31,33H,14-15H2,1-3H3,(H,32,35). The first-order chi connectivity index (χ1) is 19.2. The molecule has 0 aliphatic heterocycles. The molecule has 1 aromatic heterocycles. The smallest absolute Gasteiger partial charge is 0.261 e. The zero-order valence-corrected chi connectivity index (χ0v) is 24.6. The van der Waals surface area contributed by atoms with E-state index in [4.69, 9.17) is 16.3 Å². The van der Waals surface area contributed by atoms with Gasteiger partial charge < -0.3 is 24.8 Å². The number of carbonyl (C=O) groups is 2. The molecule has 4 aromatic rings. The molecule has 0 fully saturated rings. The van der Waals surface area contributed by atoms with Crippen molar-refractivity contribution < 1.29 is 18.9 Å². The maximum Gasteiger partial charge on any atom is 0.261 e. The fraction of sp³-hybridized carbons (Fsp3) is 0.172. The molecule has 0 aliphatic rings. The van der Waals surface area contributed by atoms with Crippen LogP contribution in [0.15, 0.2) is 83.8 Å². The lowest BCUT2D eigenvalue weighted by molar-refractivity contribution is 0.0827. The van der Waals surface area contributed by atoms with E-state index in [1.54, 1.807) is 44.4 Å². The highest BCUT2D eigenvalue weighted by Crippen LogP contribution is 2.32. The van der Waals surface area contributed by atoms with Crippen LogP contribution in [-0.4, -0.2) is 55.6 Å². The Morgan fingerprint density at radius 3 is 2.42 bits per heavy atom. The number of carbonyl (C=O) groups excluding carboxylic acids is 2. The van der Waals surface area contributed by atoms with Crippen LogP contribution in [0.25, 0.3) is 11.1 Å². The molecule has 1 unspecified atom stereocenters. The third-order valence-corrected chi connectivity index (χ3v) is 8.19. The van der Waals surface area contributed by atoms with Gasteiger partial charge in [-0.05, 0) is 59.7 Å². The second-order valence-electron chi connectivity index (χ2n) is 8.88. The summed E-state index contributed by atoms with van der Waals surface area (Å²) in [4.78, 5) is 27.1. The van der Waals surface area contributed by atoms with Crippen LogP contribution in [0.3, 0.4) is 0 Å². The van der Waals surface area contributed by atoms with Crippen LogP contribution in [0, 0.1) is 0 Å². The van der Waals surface area contributed by atoms with Gasteiger partial charge >= 0.3 is 0 Å². The lowest BCUT2D eigenvalue weighted by Crippen LogP contribution is -2.28. The molecule has 0 spiro atoms. The van der Waals surface area contributed by atoms with Crippen LogP contribution in [0.4, 0.5) is 11.4 Å². The van der Waals surface area contributed by atoms with Gasteiger partial charge in [-0.15, -0.1) is 11.3 Å². The van der Waals surface area contributed by atoms with Crippen LogP contribution < -0.4 is 20.1 Å². The third kappa shape index (κ3) is 7.48. The van der Waals surface area contributed by atoms with E-state index in [-0.39, 0.29) is 11.8 Å². The highest BCUT2D eigenvalue weighted by atomic mass is 35.5. The summed E-state index contributed by atoms with van der Waals surface area (Å²) in [6.45, 7) is 0.923. The van der Waals surface area contributed by atoms with E-state index in [1.807, 2.05) is 48.5 Å². The van der Waals surface area contributed by atoms with Gasteiger partial charge in [0.25, 0.3) is 11.8 Å². The summed E-state index contributed by atoms with van der Waals surface area (Å²) in [6, 6.07) is 23.5. The summed E-state index contributed by atoms with van der Waals surface area (Å²) >= 11 is 5.49. The Morgan fingerprint density at radius 1 is 0.950 bits per heavy atom. The van der Waals surface area contributed by atoms with Crippen molar-refractivity contribution in [3.63, 3.8) is 0 Å². The number of benzene rings is 3. The molecule has 1 heterocycles. The van der Waals surface area contributed by atoms with E-state index in [0.717, 1.165) is 16.8 Å². The second-order valence-corrected chi connectivity index (χ2v) is 11.8. The topological polar surface area (TPSA) is 106 Å². The molecule has 0 saturated carbocycles. The quantitative estimate of drug-likeness (QED) is 0.150. The Morgan fingerprint density at radius 2 is 1.70 bits per heavy atom. The summed E-state index contributed by atoms with van der Waals surface area (Å²) < 4.78 is 22.5. The molecule has 11 heteroatoms. The zero-order valence-electron chi connectivity index (χ0n) is 22.2. The van der Waals surface area contributed by atoms with E-state index in [1.165, 1.54) is 23.3 Å². The lowest BCUT2D eigenvalue weighted by atomic mass is 10.0. The summed E-state index contributed by atoms with van der Waals surface area (Å²) in [6.07, 6.45) is 0. The second kappa shape index (κ2) is 13.6. The van der Waals surface area contributed by atoms with E-state index >= 15 is 0 Å². The van der Waals surface area contributed by atoms with Crippen LogP contribution in [0.1, 0.15) is 20.0 Å². The van der Waals surface area contributed by atoms with E-state index < -0.39 is 11.4 Å². The summed E-state index contributed by atoms with van der Waals surface area (Å²) in [7, 11) is 4.95. The van der Waals surface area contributed by atoms with Crippen molar-refractivity contribution in [3.8, 4) is 16.9 Å². The third-order valence-electron chi connectivity index (χ3n) is 5.82. The molecule has 3 aromatic carbocycles. The van der Waals surface area contributed by atoms with E-state index in [2.05, 4.69) is 15.4 Å². The van der Waals surface area contributed by atoms with E-state index in [9.17, 15) is 14.1 Å². The molecule has 0 bridgehead atoms. The van der Waals surface area contributed by atoms with Crippen molar-refractivity contribution in [3.05, 3.63) is 93.6 Å². The van der Waals surface area contributed by atoms with Crippen LogP contribution >= 0.6 is 22.9 Å². The monoisotopic (exact) mass is 596 g/mol. The number of ether oxygens (including phenoxy) is 1. The van der Waals surface area contributed by atoms with Gasteiger partial charge in [-0.25, -0.2) is 4.72 Å². The van der Waals surface area contributed by atoms with Gasteiger partial charge in [-0.3, -0.25) is 9.59 Å². The fourth-order valence-corrected chi connectivity index (χ4v) is 5.83. The average molecular weight is 597 g/mol. The van der Waals surface area contributed by atoms with Crippen molar-refractivity contribution in [2.24, 2.45) is 0 Å². The first-order valence-corrected chi connectivity index (χ1v) is 14.7. The Bertz CT molecular complexity index is 1490. The molecule has 208 valence electrons. The van der Waals surface area contributed by atoms with Crippen molar-refractivity contribution in [1.82, 2.24) is 10.2 Å². The van der Waals surface area contributed by atoms with Gasteiger partial charge in [-0.1, -0.05) is 35.9 Å². The molecular weight excluding hydrogens is 568 g/mol. The molecule has 0 aliphatic carbocycles. The molecular formula is C29H29ClN4O4S2. The molecule has 4 rings (SSSR count). The normalized spacial score (nSPS) is 11.4. The number of amides is 2. The molecule has 0 saturated heterocycles. The number of halogens is 1. The van der Waals surface area contributed by atoms with Crippen molar-refractivity contribution in [1.29, 1.82) is 0 Å². The fourth-order valence-electron chi connectivity index (χ4n) is 3.85. The molecule has 0 radical (unpaired) electrons. The summed E-state index contributed by atoms with van der Waals surface area (Å²) in [5.41, 5.74) is 3.65. The van der Waals surface area contributed by atoms with Crippen molar-refractivity contribution in [2.45, 2.75) is 4.90 Å². The van der Waals surface area contributed by atoms with Gasteiger partial charge in [0.2, 0.25) is 4.90 Å². The number of hydrogen-bond acceptors (Lipinski definition) is 7. The maximum absolute atomic E-state index is 13.4. The minimum atomic E-state index is -1.64. The Hall–Kier alpha value is -3.70. The summed E-state index contributed by atoms with van der Waals surface area (Å²) in [5, 5.41) is 6.10. The Balaban J connectivity index is 1.42. The molecule has 3 N–H and O–H groups in total. The largest absolute Gasteiger partial charge is 0.588 e. The molecule has 1 atom stereocenters. The van der Waals surface area contributed by atoms with Gasteiger partial charge in [0.05, 0.1) is 22.0 Å². The number of rotatable bonds is 11. The number of nitrogens with zero attached hydrogens (tertiary/aromatic N) is 1. The van der Waals surface area contributed by atoms with Crippen LogP contribution in [-0.2, 0) is 11.4 Å². The summed E-state index contributed by atoms with van der Waals surface area (Å²) in [5.74, 6) is 0.216. The predicted octanol–water partition coefficient (Wildman–Crippen LogP) is 5.76. The molecule has 40 heavy (non-hydrogen) atoms. The first-order valence-electron chi connectivity index (χ1n) is 12.3. The highest BCUT2D eigenvalue weighted by molar-refractivity contribution is 7.92. The molecule has 2 amide bonds. The molecule has 8 nitrogen and oxygen atoms in total. The highest BCUT2D eigenvalue weighted by Gasteiger charge is 2.20. The number of anilines is 2. The van der Waals surface area contributed by atoms with Gasteiger partial charge in [0.1, 0.15) is 11.4 Å². The van der Waals surface area contributed by atoms with Crippen LogP contribution in [0.2, 0.25) is 4.34 Å². The van der Waals surface area contributed by atoms with Gasteiger partial charge in [0, 0.05) is 44.5 Å². The Labute approximate surface area is 245 Å². The van der Waals surface area contributed by atoms with Gasteiger partial charge in [0.15, 0.2) is 5.75 Å². The van der Waals surface area contributed by atoms with Crippen molar-refractivity contribution >= 4 is 57.5 Å². The number of nitrogens with one attached hydrogen (secondary N) is 3. The zero-order chi connectivity index (χ0) is 28.6. The van der Waals surface area contributed by atoms with Gasteiger partial charge in [-0.2, -0.15) is 0 Å². The maximum atomic E-state index is 13.4.